The molecule has 0 aromatic heterocycles. The molecule has 0 radical (unpaired) electrons. The summed E-state index contributed by atoms with van der Waals surface area (Å²) in [7, 11) is 0. The molecule has 0 N–H and O–H groups in total. The van der Waals surface area contributed by atoms with Crippen LogP contribution in [0.15, 0.2) is 0 Å². The molecule has 4 aliphatic heterocycles. The molecule has 266 valence electrons. The second-order valence-corrected chi connectivity index (χ2v) is 15.2. The Labute approximate surface area is 333 Å². The number of carbonyl (C=O) groups excluding carboxylic acids is 2. The van der Waals surface area contributed by atoms with Gasteiger partial charge in [-0.05, 0) is 63.2 Å². The van der Waals surface area contributed by atoms with Gasteiger partial charge in [-0.2, -0.15) is 0 Å². The standard InChI is InChI=1S/C37H63O9.Rb/c1-14-28-20(6)18(4)23(9)36(42-28)45-33-22(8)24(10)37(46-35(33)26(12)39)44-31-17(3)16-30(41-29(31)15-2)43-32-21(7)19(5)27(13)40-34(32)25(11)38;/h16-24,27-37H,14-15H2,1-13H3;/q-1;+1/t17-,18+,19+,20+,21?,22-,23?,24?,27?,28?,29?,30+,31+,32-,33+,34?,35?,36-,37-;/m1./s1. The number of ketones is 2. The van der Waals surface area contributed by atoms with E-state index in [1.165, 1.54) is 0 Å². The zero-order valence-electron chi connectivity index (χ0n) is 31.6. The van der Waals surface area contributed by atoms with Crippen molar-refractivity contribution in [2.75, 3.05) is 0 Å². The molecule has 0 bridgehead atoms. The molecule has 0 aromatic carbocycles. The molecule has 47 heavy (non-hydrogen) atoms. The van der Waals surface area contributed by atoms with E-state index in [0.29, 0.717) is 18.3 Å². The van der Waals surface area contributed by atoms with E-state index in [0.717, 1.165) is 6.42 Å². The van der Waals surface area contributed by atoms with Crippen LogP contribution < -0.4 is 58.2 Å². The van der Waals surface area contributed by atoms with E-state index in [2.05, 4.69) is 69.2 Å². The minimum atomic E-state index is -0.762. The summed E-state index contributed by atoms with van der Waals surface area (Å²) < 4.78 is 45.4. The Morgan fingerprint density at radius 1 is 0.553 bits per heavy atom. The van der Waals surface area contributed by atoms with Crippen molar-refractivity contribution in [3.63, 3.8) is 0 Å². The number of hydrogen-bond donors (Lipinski definition) is 0. The van der Waals surface area contributed by atoms with Crippen molar-refractivity contribution in [3.05, 3.63) is 6.42 Å². The number of hydrogen-bond acceptors (Lipinski definition) is 9. The Balaban J connectivity index is 0.00000600. The van der Waals surface area contributed by atoms with Gasteiger partial charge in [-0.25, -0.2) is 0 Å². The third-order valence-corrected chi connectivity index (χ3v) is 12.2. The molecule has 4 fully saturated rings. The molecule has 10 heteroatoms. The van der Waals surface area contributed by atoms with Gasteiger partial charge >= 0.3 is 58.2 Å². The van der Waals surface area contributed by atoms with Crippen molar-refractivity contribution < 1.29 is 101 Å². The molecule has 4 heterocycles. The molecule has 0 spiro atoms. The second-order valence-electron chi connectivity index (χ2n) is 15.2. The zero-order valence-corrected chi connectivity index (χ0v) is 36.6. The van der Waals surface area contributed by atoms with Gasteiger partial charge in [0.15, 0.2) is 24.1 Å². The predicted molar refractivity (Wildman–Crippen MR) is 174 cm³/mol. The van der Waals surface area contributed by atoms with Crippen molar-refractivity contribution in [2.45, 2.75) is 171 Å². The van der Waals surface area contributed by atoms with Crippen LogP contribution in [0.3, 0.4) is 0 Å². The maximum Gasteiger partial charge on any atom is 1.00 e. The smallest absolute Gasteiger partial charge is 0.378 e. The van der Waals surface area contributed by atoms with Crippen LogP contribution in [0.25, 0.3) is 0 Å². The largest absolute Gasteiger partial charge is 1.00 e. The van der Waals surface area contributed by atoms with Gasteiger partial charge in [0.05, 0.1) is 36.6 Å². The molecule has 0 saturated carbocycles. The SMILES string of the molecule is CCC1O[C@H](O[C@@H]2C(C(C)=O)O[C@@H](O[C@@H]3C(CC)O[C@@H](O[C@H]4C(C(C)=O)OC(C)[C@@H](C)C4C)[CH-][C@H]3C)C(C)[C@H]2C)C(C)[C@@H](C)[C@@H]1C.[Rb+]. The average Bonchev–Trinajstić information content (AvgIpc) is 3.01. The van der Waals surface area contributed by atoms with Crippen molar-refractivity contribution in [1.82, 2.24) is 0 Å². The third-order valence-electron chi connectivity index (χ3n) is 12.2. The van der Waals surface area contributed by atoms with Crippen LogP contribution in [0.1, 0.15) is 103 Å². The van der Waals surface area contributed by atoms with Gasteiger partial charge in [0, 0.05) is 18.1 Å². The summed E-state index contributed by atoms with van der Waals surface area (Å²) in [5, 5.41) is 0. The van der Waals surface area contributed by atoms with E-state index < -0.39 is 43.3 Å². The van der Waals surface area contributed by atoms with Crippen molar-refractivity contribution in [2.24, 2.45) is 47.3 Å². The topological polar surface area (TPSA) is 98.8 Å². The van der Waals surface area contributed by atoms with Crippen molar-refractivity contribution >= 4 is 11.6 Å². The van der Waals surface area contributed by atoms with Crippen LogP contribution >= 0.6 is 0 Å². The molecule has 8 unspecified atom stereocenters. The molecule has 4 aliphatic rings. The minimum Gasteiger partial charge on any atom is -0.378 e. The summed E-state index contributed by atoms with van der Waals surface area (Å²) in [5.74, 6) is 1.22. The van der Waals surface area contributed by atoms with Gasteiger partial charge in [-0.1, -0.05) is 69.2 Å². The summed E-state index contributed by atoms with van der Waals surface area (Å²) in [5.41, 5.74) is 0. The summed E-state index contributed by atoms with van der Waals surface area (Å²) in [4.78, 5) is 25.6. The van der Waals surface area contributed by atoms with Crippen LogP contribution in [0.4, 0.5) is 0 Å². The predicted octanol–water partition coefficient (Wildman–Crippen LogP) is 3.40. The molecular formula is C37H63O9Rb. The normalized spacial score (nSPS) is 49.2. The Hall–Kier alpha value is 0.865. The average molecular weight is 737 g/mol. The Kier molecular flexibility index (Phi) is 16.3. The van der Waals surface area contributed by atoms with E-state index >= 15 is 0 Å². The van der Waals surface area contributed by atoms with Crippen LogP contribution in [0, 0.1) is 53.8 Å². The monoisotopic (exact) mass is 736 g/mol. The molecule has 0 amide bonds. The Morgan fingerprint density at radius 3 is 1.62 bits per heavy atom. The van der Waals surface area contributed by atoms with E-state index in [9.17, 15) is 9.59 Å². The van der Waals surface area contributed by atoms with E-state index in [4.69, 9.17) is 33.2 Å². The van der Waals surface area contributed by atoms with Gasteiger partial charge in [-0.15, -0.1) is 5.92 Å². The van der Waals surface area contributed by atoms with Crippen molar-refractivity contribution in [1.29, 1.82) is 0 Å². The van der Waals surface area contributed by atoms with Gasteiger partial charge in [-0.3, -0.25) is 16.0 Å². The fraction of sp³-hybridized carbons (Fsp3) is 0.919. The molecule has 4 saturated heterocycles. The summed E-state index contributed by atoms with van der Waals surface area (Å²) in [6.45, 7) is 26.6. The van der Waals surface area contributed by atoms with Gasteiger partial charge in [0.1, 0.15) is 12.2 Å². The quantitative estimate of drug-likeness (QED) is 0.313. The van der Waals surface area contributed by atoms with Crippen LogP contribution in [0.2, 0.25) is 0 Å². The number of carbonyl (C=O) groups is 2. The summed E-state index contributed by atoms with van der Waals surface area (Å²) in [6.07, 6.45) is -0.663. The van der Waals surface area contributed by atoms with Crippen molar-refractivity contribution in [3.8, 4) is 0 Å². The number of Topliss-reactive ketones (excluding diaryl/α,β-unsaturated/α-hetero) is 2. The van der Waals surface area contributed by atoms with Gasteiger partial charge in [0.25, 0.3) is 0 Å². The zero-order chi connectivity index (χ0) is 34.2. The molecule has 0 aliphatic carbocycles. The first kappa shape index (κ1) is 42.3. The maximum absolute atomic E-state index is 13.0. The second kappa shape index (κ2) is 18.1. The number of rotatable bonds is 10. The minimum absolute atomic E-state index is 0. The van der Waals surface area contributed by atoms with E-state index in [1.807, 2.05) is 13.3 Å². The molecule has 4 rings (SSSR count). The fourth-order valence-electron chi connectivity index (χ4n) is 7.99. The van der Waals surface area contributed by atoms with Crippen LogP contribution in [-0.2, 0) is 42.7 Å². The first-order valence-electron chi connectivity index (χ1n) is 18.0. The van der Waals surface area contributed by atoms with E-state index in [-0.39, 0.29) is 130 Å². The molecule has 9 nitrogen and oxygen atoms in total. The first-order valence-corrected chi connectivity index (χ1v) is 18.0. The van der Waals surface area contributed by atoms with Crippen LogP contribution in [-0.4, -0.2) is 79.3 Å². The van der Waals surface area contributed by atoms with Crippen LogP contribution in [0.5, 0.6) is 0 Å². The third kappa shape index (κ3) is 9.27. The Morgan fingerprint density at radius 2 is 1.04 bits per heavy atom. The van der Waals surface area contributed by atoms with E-state index in [1.54, 1.807) is 13.8 Å². The fourth-order valence-corrected chi connectivity index (χ4v) is 7.99. The molecule has 19 atom stereocenters. The summed E-state index contributed by atoms with van der Waals surface area (Å²) in [6, 6.07) is 0. The molecular weight excluding hydrogens is 674 g/mol. The van der Waals surface area contributed by atoms with Gasteiger partial charge < -0.3 is 33.2 Å². The van der Waals surface area contributed by atoms with Gasteiger partial charge in [0.2, 0.25) is 0 Å². The molecule has 0 aromatic rings. The summed E-state index contributed by atoms with van der Waals surface area (Å²) >= 11 is 0. The number of ether oxygens (including phenoxy) is 7. The first-order chi connectivity index (χ1) is 21.6. The Bertz CT molecular complexity index is 1030. The maximum atomic E-state index is 13.0.